The SMILES string of the molecule is Cc1cc2ccc3sc4ccccc4c3c2[cH-]1.[CH3-].[CH3-].[Ti+3]. The Labute approximate surface area is 139 Å². The zero-order valence-electron chi connectivity index (χ0n) is 12.0. The molecule has 0 saturated heterocycles. The van der Waals surface area contributed by atoms with Crippen LogP contribution in [0.2, 0.25) is 0 Å². The molecule has 2 heteroatoms. The average Bonchev–Trinajstić information content (AvgIpc) is 2.87. The smallest absolute Gasteiger partial charge is 0.358 e. The average molecular weight is 313 g/mol. The number of benzene rings is 2. The molecule has 1 heterocycles. The van der Waals surface area contributed by atoms with Gasteiger partial charge in [0.15, 0.2) is 0 Å². The molecule has 4 rings (SSSR count). The molecule has 20 heavy (non-hydrogen) atoms. The van der Waals surface area contributed by atoms with E-state index >= 15 is 0 Å². The van der Waals surface area contributed by atoms with E-state index in [1.807, 2.05) is 11.3 Å². The summed E-state index contributed by atoms with van der Waals surface area (Å²) in [6.07, 6.45) is 0. The second-order valence-electron chi connectivity index (χ2n) is 4.57. The number of rotatable bonds is 0. The van der Waals surface area contributed by atoms with E-state index in [9.17, 15) is 0 Å². The quantitative estimate of drug-likeness (QED) is 0.270. The molecule has 0 N–H and O–H groups in total. The molecule has 0 saturated carbocycles. The molecule has 0 spiro atoms. The zero-order chi connectivity index (χ0) is 11.4. The van der Waals surface area contributed by atoms with Crippen molar-refractivity contribution < 1.29 is 21.7 Å². The van der Waals surface area contributed by atoms with E-state index in [0.29, 0.717) is 0 Å². The van der Waals surface area contributed by atoms with E-state index in [0.717, 1.165) is 0 Å². The Morgan fingerprint density at radius 2 is 1.70 bits per heavy atom. The van der Waals surface area contributed by atoms with E-state index < -0.39 is 0 Å². The first kappa shape index (κ1) is 17.0. The first-order valence-corrected chi connectivity index (χ1v) is 6.62. The van der Waals surface area contributed by atoms with E-state index in [2.05, 4.69) is 55.5 Å². The third kappa shape index (κ3) is 2.35. The van der Waals surface area contributed by atoms with Crippen molar-refractivity contribution in [2.75, 3.05) is 0 Å². The second kappa shape index (κ2) is 6.18. The maximum atomic E-state index is 2.30. The van der Waals surface area contributed by atoms with Gasteiger partial charge in [-0.2, -0.15) is 6.07 Å². The number of thiophene rings is 1. The minimum absolute atomic E-state index is 0. The summed E-state index contributed by atoms with van der Waals surface area (Å²) in [7, 11) is 0. The van der Waals surface area contributed by atoms with Crippen LogP contribution < -0.4 is 0 Å². The van der Waals surface area contributed by atoms with Crippen LogP contribution in [0.4, 0.5) is 0 Å². The third-order valence-corrected chi connectivity index (χ3v) is 4.51. The summed E-state index contributed by atoms with van der Waals surface area (Å²) in [4.78, 5) is 0. The van der Waals surface area contributed by atoms with Crippen LogP contribution in [-0.4, -0.2) is 0 Å². The molecule has 4 aromatic rings. The van der Waals surface area contributed by atoms with Crippen LogP contribution >= 0.6 is 11.3 Å². The van der Waals surface area contributed by atoms with Crippen LogP contribution in [0.3, 0.4) is 0 Å². The van der Waals surface area contributed by atoms with E-state index in [4.69, 9.17) is 0 Å². The number of fused-ring (bicyclic) bond motifs is 5. The van der Waals surface area contributed by atoms with Gasteiger partial charge in [0.25, 0.3) is 0 Å². The van der Waals surface area contributed by atoms with Crippen LogP contribution in [-0.2, 0) is 21.7 Å². The topological polar surface area (TPSA) is 0 Å². The molecule has 0 aliphatic rings. The minimum Gasteiger partial charge on any atom is -0.358 e. The van der Waals surface area contributed by atoms with Gasteiger partial charge < -0.3 is 14.9 Å². The van der Waals surface area contributed by atoms with Gasteiger partial charge in [0.2, 0.25) is 0 Å². The zero-order valence-corrected chi connectivity index (χ0v) is 14.4. The van der Waals surface area contributed by atoms with Crippen molar-refractivity contribution >= 4 is 42.3 Å². The first-order valence-electron chi connectivity index (χ1n) is 5.80. The predicted molar refractivity (Wildman–Crippen MR) is 90.0 cm³/mol. The molecule has 3 aromatic carbocycles. The normalized spacial score (nSPS) is 10.1. The van der Waals surface area contributed by atoms with Crippen molar-refractivity contribution in [1.29, 1.82) is 0 Å². The molecule has 0 amide bonds. The summed E-state index contributed by atoms with van der Waals surface area (Å²) in [5.74, 6) is 0. The summed E-state index contributed by atoms with van der Waals surface area (Å²) in [5, 5.41) is 5.58. The summed E-state index contributed by atoms with van der Waals surface area (Å²) in [5.41, 5.74) is 1.35. The van der Waals surface area contributed by atoms with Crippen LogP contribution in [0, 0.1) is 21.8 Å². The fourth-order valence-corrected chi connectivity index (χ4v) is 3.78. The molecular formula is C18H17STi. The molecule has 99 valence electrons. The van der Waals surface area contributed by atoms with E-state index in [1.54, 1.807) is 0 Å². The minimum atomic E-state index is 0. The second-order valence-corrected chi connectivity index (χ2v) is 5.66. The fraction of sp³-hybridized carbons (Fsp3) is 0.0556. The van der Waals surface area contributed by atoms with Crippen molar-refractivity contribution in [2.24, 2.45) is 0 Å². The number of aryl methyl sites for hydroxylation is 1. The van der Waals surface area contributed by atoms with Gasteiger partial charge in [-0.1, -0.05) is 36.6 Å². The number of hydrogen-bond acceptors (Lipinski definition) is 1. The first-order chi connectivity index (χ1) is 8.33. The molecule has 0 nitrogen and oxygen atoms in total. The van der Waals surface area contributed by atoms with Gasteiger partial charge in [-0.3, -0.25) is 0 Å². The van der Waals surface area contributed by atoms with Crippen molar-refractivity contribution in [2.45, 2.75) is 6.92 Å². The Kier molecular flexibility index (Phi) is 5.26. The van der Waals surface area contributed by atoms with Crippen molar-refractivity contribution in [3.05, 3.63) is 68.9 Å². The van der Waals surface area contributed by atoms with Gasteiger partial charge >= 0.3 is 21.7 Å². The van der Waals surface area contributed by atoms with E-state index in [1.165, 1.54) is 36.5 Å². The van der Waals surface area contributed by atoms with Crippen LogP contribution in [0.5, 0.6) is 0 Å². The Hall–Kier alpha value is -1.02. The Morgan fingerprint density at radius 3 is 2.50 bits per heavy atom. The van der Waals surface area contributed by atoms with Gasteiger partial charge in [0.1, 0.15) is 0 Å². The predicted octanol–water partition coefficient (Wildman–Crippen LogP) is 6.13. The molecule has 1 aromatic heterocycles. The molecule has 0 unspecified atom stereocenters. The Morgan fingerprint density at radius 1 is 0.950 bits per heavy atom. The molecule has 0 atom stereocenters. The van der Waals surface area contributed by atoms with Gasteiger partial charge in [-0.15, -0.1) is 39.8 Å². The molecule has 1 radical (unpaired) electrons. The Balaban J connectivity index is 0.000000667. The molecule has 0 fully saturated rings. The summed E-state index contributed by atoms with van der Waals surface area (Å²) >= 11 is 1.89. The van der Waals surface area contributed by atoms with Crippen molar-refractivity contribution in [3.63, 3.8) is 0 Å². The number of hydrogen-bond donors (Lipinski definition) is 0. The largest absolute Gasteiger partial charge is 3.00 e. The monoisotopic (exact) mass is 313 g/mol. The molecule has 0 bridgehead atoms. The maximum Gasteiger partial charge on any atom is 3.00 e. The van der Waals surface area contributed by atoms with Crippen molar-refractivity contribution in [1.82, 2.24) is 0 Å². The standard InChI is InChI=1S/C16H11S.2CH3.Ti/c1-10-8-11-6-7-15-16(13(11)9-10)12-4-2-3-5-14(12)17-15;;;/h2-9H,1H3;2*1H3;/q3*-1;+3. The molecule has 0 aliphatic carbocycles. The van der Waals surface area contributed by atoms with Crippen LogP contribution in [0.1, 0.15) is 5.56 Å². The summed E-state index contributed by atoms with van der Waals surface area (Å²) < 4.78 is 2.78. The van der Waals surface area contributed by atoms with Crippen molar-refractivity contribution in [3.8, 4) is 0 Å². The van der Waals surface area contributed by atoms with Gasteiger partial charge in [0, 0.05) is 4.70 Å². The molecule has 0 aliphatic heterocycles. The molecular weight excluding hydrogens is 296 g/mol. The van der Waals surface area contributed by atoms with Crippen LogP contribution in [0.25, 0.3) is 30.9 Å². The van der Waals surface area contributed by atoms with Gasteiger partial charge in [-0.25, -0.2) is 0 Å². The fourth-order valence-electron chi connectivity index (χ4n) is 2.66. The van der Waals surface area contributed by atoms with Gasteiger partial charge in [0.05, 0.1) is 0 Å². The van der Waals surface area contributed by atoms with Crippen LogP contribution in [0.15, 0.2) is 48.5 Å². The maximum absolute atomic E-state index is 2.30. The van der Waals surface area contributed by atoms with Gasteiger partial charge in [-0.05, 0) is 16.2 Å². The summed E-state index contributed by atoms with van der Waals surface area (Å²) in [6.45, 7) is 2.17. The Bertz CT molecular complexity index is 852. The summed E-state index contributed by atoms with van der Waals surface area (Å²) in [6, 6.07) is 17.7. The van der Waals surface area contributed by atoms with E-state index in [-0.39, 0.29) is 36.6 Å². The third-order valence-electron chi connectivity index (χ3n) is 3.37.